The fourth-order valence-electron chi connectivity index (χ4n) is 3.62. The third-order valence-electron chi connectivity index (χ3n) is 4.92. The molecule has 0 radical (unpaired) electrons. The minimum absolute atomic E-state index is 0.0475. The van der Waals surface area contributed by atoms with Gasteiger partial charge >= 0.3 is 5.97 Å². The van der Waals surface area contributed by atoms with Crippen molar-refractivity contribution in [3.05, 3.63) is 29.8 Å². The Balaban J connectivity index is 1.76. The second-order valence-corrected chi connectivity index (χ2v) is 6.12. The van der Waals surface area contributed by atoms with Crippen molar-refractivity contribution in [3.63, 3.8) is 0 Å². The number of hydrogen-bond donors (Lipinski definition) is 1. The molecule has 0 aromatic heterocycles. The zero-order valence-electron chi connectivity index (χ0n) is 12.9. The highest BCUT2D eigenvalue weighted by Gasteiger charge is 2.41. The number of hydrogen-bond acceptors (Lipinski definition) is 4. The molecule has 1 N–H and O–H groups in total. The van der Waals surface area contributed by atoms with E-state index < -0.39 is 5.97 Å². The molecule has 0 unspecified atom stereocenters. The number of benzene rings is 1. The number of nitrogens with zero attached hydrogens (tertiary/aromatic N) is 1. The fourth-order valence-corrected chi connectivity index (χ4v) is 3.62. The molecule has 0 aliphatic carbocycles. The highest BCUT2D eigenvalue weighted by Crippen LogP contribution is 2.36. The van der Waals surface area contributed by atoms with Crippen LogP contribution in [0.25, 0.3) is 0 Å². The lowest BCUT2D eigenvalue weighted by atomic mass is 9.89. The smallest absolute Gasteiger partial charge is 0.308 e. The Bertz CT molecular complexity index is 510. The van der Waals surface area contributed by atoms with Crippen molar-refractivity contribution in [2.24, 2.45) is 5.92 Å². The third-order valence-corrected chi connectivity index (χ3v) is 4.92. The van der Waals surface area contributed by atoms with E-state index in [1.54, 1.807) is 7.11 Å². The van der Waals surface area contributed by atoms with Crippen LogP contribution in [-0.4, -0.2) is 55.4 Å². The van der Waals surface area contributed by atoms with Crippen LogP contribution in [0.4, 0.5) is 0 Å². The number of methoxy groups -OCH3 is 1. The van der Waals surface area contributed by atoms with E-state index in [0.717, 1.165) is 43.9 Å². The van der Waals surface area contributed by atoms with Crippen LogP contribution >= 0.6 is 0 Å². The summed E-state index contributed by atoms with van der Waals surface area (Å²) in [5, 5.41) is 9.59. The summed E-state index contributed by atoms with van der Waals surface area (Å²) in [7, 11) is 1.64. The van der Waals surface area contributed by atoms with Gasteiger partial charge in [-0.25, -0.2) is 0 Å². The highest BCUT2D eigenvalue weighted by atomic mass is 16.5. The molecule has 1 aromatic carbocycles. The van der Waals surface area contributed by atoms with E-state index in [-0.39, 0.29) is 11.8 Å². The Morgan fingerprint density at radius 1 is 1.23 bits per heavy atom. The predicted octanol–water partition coefficient (Wildman–Crippen LogP) is 1.97. The molecule has 2 atom stereocenters. The number of carbonyl (C=O) groups is 1. The second-order valence-electron chi connectivity index (χ2n) is 6.12. The van der Waals surface area contributed by atoms with Gasteiger partial charge in [0, 0.05) is 38.3 Å². The summed E-state index contributed by atoms with van der Waals surface area (Å²) >= 11 is 0. The van der Waals surface area contributed by atoms with E-state index in [4.69, 9.17) is 9.47 Å². The molecule has 0 amide bonds. The summed E-state index contributed by atoms with van der Waals surface area (Å²) in [5.41, 5.74) is 1.09. The SMILES string of the molecule is COc1ccc([C@@H]2CN(C3CCOCC3)C[C@H]2C(=O)O)cc1. The average Bonchev–Trinajstić information content (AvgIpc) is 3.01. The lowest BCUT2D eigenvalue weighted by Gasteiger charge is -2.31. The first-order chi connectivity index (χ1) is 10.7. The number of likely N-dealkylation sites (tertiary alicyclic amines) is 1. The number of aliphatic carboxylic acids is 1. The quantitative estimate of drug-likeness (QED) is 0.921. The van der Waals surface area contributed by atoms with Gasteiger partial charge in [0.2, 0.25) is 0 Å². The Hall–Kier alpha value is -1.59. The normalized spacial score (nSPS) is 27.0. The first-order valence-electron chi connectivity index (χ1n) is 7.87. The van der Waals surface area contributed by atoms with Crippen LogP contribution in [-0.2, 0) is 9.53 Å². The topological polar surface area (TPSA) is 59.0 Å². The van der Waals surface area contributed by atoms with Gasteiger partial charge in [-0.15, -0.1) is 0 Å². The lowest BCUT2D eigenvalue weighted by molar-refractivity contribution is -0.141. The first kappa shape index (κ1) is 15.3. The molecule has 2 aliphatic rings. The van der Waals surface area contributed by atoms with Crippen LogP contribution < -0.4 is 4.74 Å². The largest absolute Gasteiger partial charge is 0.497 e. The minimum Gasteiger partial charge on any atom is -0.497 e. The maximum atomic E-state index is 11.7. The summed E-state index contributed by atoms with van der Waals surface area (Å²) < 4.78 is 10.6. The van der Waals surface area contributed by atoms with Gasteiger partial charge < -0.3 is 14.6 Å². The lowest BCUT2D eigenvalue weighted by Crippen LogP contribution is -2.38. The molecular weight excluding hydrogens is 282 g/mol. The monoisotopic (exact) mass is 305 g/mol. The van der Waals surface area contributed by atoms with E-state index in [1.165, 1.54) is 0 Å². The average molecular weight is 305 g/mol. The standard InChI is InChI=1S/C17H23NO4/c1-21-14-4-2-12(3-5-14)15-10-18(11-16(15)17(19)20)13-6-8-22-9-7-13/h2-5,13,15-16H,6-11H2,1H3,(H,19,20)/t15-,16+/m0/s1. The van der Waals surface area contributed by atoms with Gasteiger partial charge in [0.05, 0.1) is 13.0 Å². The van der Waals surface area contributed by atoms with Gasteiger partial charge in [-0.3, -0.25) is 9.69 Å². The number of ether oxygens (including phenoxy) is 2. The molecule has 1 aromatic rings. The van der Waals surface area contributed by atoms with Gasteiger partial charge in [0.1, 0.15) is 5.75 Å². The molecule has 0 bridgehead atoms. The van der Waals surface area contributed by atoms with Crippen molar-refractivity contribution in [2.45, 2.75) is 24.8 Å². The van der Waals surface area contributed by atoms with Crippen LogP contribution in [0.5, 0.6) is 5.75 Å². The summed E-state index contributed by atoms with van der Waals surface area (Å²) in [6.45, 7) is 3.02. The highest BCUT2D eigenvalue weighted by molar-refractivity contribution is 5.72. The molecule has 0 saturated carbocycles. The molecule has 0 spiro atoms. The molecule has 2 heterocycles. The number of carboxylic acid groups (broad SMARTS) is 1. The third kappa shape index (κ3) is 3.10. The molecule has 2 saturated heterocycles. The summed E-state index contributed by atoms with van der Waals surface area (Å²) in [6.07, 6.45) is 2.00. The van der Waals surface area contributed by atoms with Crippen LogP contribution in [0.15, 0.2) is 24.3 Å². The Morgan fingerprint density at radius 2 is 1.91 bits per heavy atom. The molecule has 22 heavy (non-hydrogen) atoms. The molecule has 3 rings (SSSR count). The second kappa shape index (κ2) is 6.67. The van der Waals surface area contributed by atoms with Crippen LogP contribution in [0.1, 0.15) is 24.3 Å². The molecule has 5 nitrogen and oxygen atoms in total. The summed E-state index contributed by atoms with van der Waals surface area (Å²) in [6, 6.07) is 8.26. The van der Waals surface area contributed by atoms with Crippen LogP contribution in [0.3, 0.4) is 0 Å². The van der Waals surface area contributed by atoms with Crippen LogP contribution in [0, 0.1) is 5.92 Å². The Morgan fingerprint density at radius 3 is 2.50 bits per heavy atom. The maximum absolute atomic E-state index is 11.7. The zero-order chi connectivity index (χ0) is 15.5. The van der Waals surface area contributed by atoms with Crippen LogP contribution in [0.2, 0.25) is 0 Å². The Labute approximate surface area is 130 Å². The van der Waals surface area contributed by atoms with Gasteiger partial charge in [0.15, 0.2) is 0 Å². The van der Waals surface area contributed by atoms with Crippen molar-refractivity contribution in [1.29, 1.82) is 0 Å². The molecule has 2 fully saturated rings. The van der Waals surface area contributed by atoms with Crippen molar-refractivity contribution >= 4 is 5.97 Å². The number of carboxylic acids is 1. The van der Waals surface area contributed by atoms with Gasteiger partial charge in [0.25, 0.3) is 0 Å². The van der Waals surface area contributed by atoms with Crippen molar-refractivity contribution < 1.29 is 19.4 Å². The number of rotatable bonds is 4. The van der Waals surface area contributed by atoms with Crippen molar-refractivity contribution in [2.75, 3.05) is 33.4 Å². The van der Waals surface area contributed by atoms with Crippen molar-refractivity contribution in [3.8, 4) is 5.75 Å². The fraction of sp³-hybridized carbons (Fsp3) is 0.588. The minimum atomic E-state index is -0.699. The maximum Gasteiger partial charge on any atom is 0.308 e. The van der Waals surface area contributed by atoms with Crippen molar-refractivity contribution in [1.82, 2.24) is 4.90 Å². The molecule has 120 valence electrons. The summed E-state index contributed by atoms with van der Waals surface area (Å²) in [4.78, 5) is 14.0. The van der Waals surface area contributed by atoms with E-state index >= 15 is 0 Å². The molecule has 5 heteroatoms. The van der Waals surface area contributed by atoms with Gasteiger partial charge in [-0.2, -0.15) is 0 Å². The van der Waals surface area contributed by atoms with E-state index in [1.807, 2.05) is 24.3 Å². The van der Waals surface area contributed by atoms with E-state index in [0.29, 0.717) is 12.6 Å². The summed E-state index contributed by atoms with van der Waals surface area (Å²) in [5.74, 6) is -0.187. The van der Waals surface area contributed by atoms with Gasteiger partial charge in [-0.1, -0.05) is 12.1 Å². The van der Waals surface area contributed by atoms with Gasteiger partial charge in [-0.05, 0) is 30.5 Å². The molecular formula is C17H23NO4. The zero-order valence-corrected chi connectivity index (χ0v) is 12.9. The van der Waals surface area contributed by atoms with E-state index in [2.05, 4.69) is 4.90 Å². The predicted molar refractivity (Wildman–Crippen MR) is 82.3 cm³/mol. The first-order valence-corrected chi connectivity index (χ1v) is 7.87. The van der Waals surface area contributed by atoms with E-state index in [9.17, 15) is 9.90 Å². The Kier molecular flexibility index (Phi) is 4.64. The molecule has 2 aliphatic heterocycles.